The topological polar surface area (TPSA) is 71.7 Å². The third kappa shape index (κ3) is 5.94. The molecule has 2 aromatic heterocycles. The van der Waals surface area contributed by atoms with E-state index in [2.05, 4.69) is 27.8 Å². The number of furan rings is 1. The molecule has 0 aliphatic carbocycles. The Labute approximate surface area is 169 Å². The smallest absolute Gasteiger partial charge is 0.191 e. The second-order valence-electron chi connectivity index (χ2n) is 6.23. The van der Waals surface area contributed by atoms with E-state index in [1.165, 1.54) is 4.88 Å². The normalized spacial score (nSPS) is 11.6. The van der Waals surface area contributed by atoms with Crippen molar-refractivity contribution in [1.82, 2.24) is 15.6 Å². The quantitative estimate of drug-likeness (QED) is 0.324. The minimum absolute atomic E-state index is 0.508. The average Bonchev–Trinajstić information content (AvgIpc) is 3.37. The lowest BCUT2D eigenvalue weighted by molar-refractivity contribution is 0.105. The van der Waals surface area contributed by atoms with Gasteiger partial charge >= 0.3 is 0 Å². The van der Waals surface area contributed by atoms with Crippen molar-refractivity contribution in [3.8, 4) is 10.6 Å². The summed E-state index contributed by atoms with van der Waals surface area (Å²) in [6, 6.07) is 14.0. The van der Waals surface area contributed by atoms with E-state index < -0.39 is 0 Å². The lowest BCUT2D eigenvalue weighted by Crippen LogP contribution is -2.37. The van der Waals surface area contributed by atoms with E-state index in [9.17, 15) is 0 Å². The van der Waals surface area contributed by atoms with Crippen LogP contribution in [0.2, 0.25) is 0 Å². The van der Waals surface area contributed by atoms with E-state index in [0.29, 0.717) is 19.8 Å². The maximum absolute atomic E-state index is 5.58. The van der Waals surface area contributed by atoms with Crippen LogP contribution in [-0.2, 0) is 17.9 Å². The zero-order valence-electron chi connectivity index (χ0n) is 16.3. The molecule has 0 atom stereocenters. The predicted molar refractivity (Wildman–Crippen MR) is 113 cm³/mol. The molecule has 28 heavy (non-hydrogen) atoms. The lowest BCUT2D eigenvalue weighted by Gasteiger charge is -2.11. The molecule has 3 rings (SSSR count). The summed E-state index contributed by atoms with van der Waals surface area (Å²) >= 11 is 1.71. The van der Waals surface area contributed by atoms with Gasteiger partial charge in [-0.2, -0.15) is 0 Å². The summed E-state index contributed by atoms with van der Waals surface area (Å²) < 4.78 is 10.8. The Morgan fingerprint density at radius 2 is 2.04 bits per heavy atom. The standard InChI is InChI=1S/C21H26N4O2S/c1-16-19(28-20(25-16)17-8-4-3-5-9-17)14-24-21(22-2)23-11-7-12-26-15-18-10-6-13-27-18/h3-6,8-10,13H,7,11-12,14-15H2,1-2H3,(H2,22,23,24). The molecule has 0 unspecified atom stereocenters. The fourth-order valence-electron chi connectivity index (χ4n) is 2.63. The molecular weight excluding hydrogens is 372 g/mol. The van der Waals surface area contributed by atoms with Crippen molar-refractivity contribution < 1.29 is 9.15 Å². The molecule has 0 aliphatic heterocycles. The van der Waals surface area contributed by atoms with Crippen LogP contribution in [0.25, 0.3) is 10.6 Å². The van der Waals surface area contributed by atoms with Crippen LogP contribution in [-0.4, -0.2) is 31.1 Å². The molecule has 2 heterocycles. The minimum Gasteiger partial charge on any atom is -0.467 e. The maximum atomic E-state index is 5.58. The molecular formula is C21H26N4O2S. The highest BCUT2D eigenvalue weighted by atomic mass is 32.1. The van der Waals surface area contributed by atoms with Crippen molar-refractivity contribution in [2.24, 2.45) is 4.99 Å². The van der Waals surface area contributed by atoms with Gasteiger partial charge in [0.05, 0.1) is 18.5 Å². The number of nitrogens with zero attached hydrogens (tertiary/aromatic N) is 2. The number of rotatable bonds is 9. The molecule has 0 aliphatic rings. The van der Waals surface area contributed by atoms with Crippen molar-refractivity contribution >= 4 is 17.3 Å². The first-order chi connectivity index (χ1) is 13.8. The molecule has 0 amide bonds. The summed E-state index contributed by atoms with van der Waals surface area (Å²) in [5.74, 6) is 1.63. The van der Waals surface area contributed by atoms with Crippen LogP contribution in [0.5, 0.6) is 0 Å². The monoisotopic (exact) mass is 398 g/mol. The predicted octanol–water partition coefficient (Wildman–Crippen LogP) is 3.98. The number of aryl methyl sites for hydroxylation is 1. The molecule has 0 bridgehead atoms. The van der Waals surface area contributed by atoms with Crippen molar-refractivity contribution in [3.63, 3.8) is 0 Å². The number of guanidine groups is 1. The first kappa shape index (κ1) is 20.1. The van der Waals surface area contributed by atoms with Crippen LogP contribution in [0.3, 0.4) is 0 Å². The summed E-state index contributed by atoms with van der Waals surface area (Å²) in [7, 11) is 1.78. The van der Waals surface area contributed by atoms with Crippen molar-refractivity contribution in [3.05, 3.63) is 65.1 Å². The van der Waals surface area contributed by atoms with Gasteiger partial charge in [0.15, 0.2) is 5.96 Å². The summed E-state index contributed by atoms with van der Waals surface area (Å²) in [4.78, 5) is 10.2. The molecule has 6 nitrogen and oxygen atoms in total. The van der Waals surface area contributed by atoms with Crippen LogP contribution in [0, 0.1) is 6.92 Å². The molecule has 1 aromatic carbocycles. The maximum Gasteiger partial charge on any atom is 0.191 e. The van der Waals surface area contributed by atoms with Crippen LogP contribution in [0.4, 0.5) is 0 Å². The number of hydrogen-bond acceptors (Lipinski definition) is 5. The number of benzene rings is 1. The fourth-order valence-corrected chi connectivity index (χ4v) is 3.64. The van der Waals surface area contributed by atoms with Gasteiger partial charge in [-0.1, -0.05) is 30.3 Å². The number of hydrogen-bond donors (Lipinski definition) is 2. The number of thiazole rings is 1. The van der Waals surface area contributed by atoms with E-state index in [1.807, 2.05) is 37.3 Å². The summed E-state index contributed by atoms with van der Waals surface area (Å²) in [6.45, 7) is 4.71. The van der Waals surface area contributed by atoms with Crippen molar-refractivity contribution in [1.29, 1.82) is 0 Å². The Balaban J connectivity index is 1.39. The third-order valence-corrected chi connectivity index (χ3v) is 5.34. The fraction of sp³-hybridized carbons (Fsp3) is 0.333. The van der Waals surface area contributed by atoms with Gasteiger partial charge in [0.2, 0.25) is 0 Å². The number of nitrogens with one attached hydrogen (secondary N) is 2. The molecule has 0 saturated carbocycles. The Morgan fingerprint density at radius 1 is 1.18 bits per heavy atom. The third-order valence-electron chi connectivity index (χ3n) is 4.14. The molecule has 0 radical (unpaired) electrons. The lowest BCUT2D eigenvalue weighted by atomic mass is 10.2. The highest BCUT2D eigenvalue weighted by molar-refractivity contribution is 7.15. The second-order valence-corrected chi connectivity index (χ2v) is 7.32. The molecule has 2 N–H and O–H groups in total. The SMILES string of the molecule is CN=C(NCCCOCc1ccco1)NCc1sc(-c2ccccc2)nc1C. The van der Waals surface area contributed by atoms with Crippen molar-refractivity contribution in [2.75, 3.05) is 20.2 Å². The molecule has 0 saturated heterocycles. The van der Waals surface area contributed by atoms with Gasteiger partial charge in [-0.05, 0) is 25.5 Å². The zero-order valence-corrected chi connectivity index (χ0v) is 17.1. The summed E-state index contributed by atoms with van der Waals surface area (Å²) in [6.07, 6.45) is 2.54. The largest absolute Gasteiger partial charge is 0.467 e. The number of aliphatic imine (C=N–C) groups is 1. The minimum atomic E-state index is 0.508. The van der Waals surface area contributed by atoms with E-state index in [4.69, 9.17) is 14.1 Å². The Hall–Kier alpha value is -2.64. The number of aromatic nitrogens is 1. The highest BCUT2D eigenvalue weighted by Gasteiger charge is 2.09. The van der Waals surface area contributed by atoms with Gasteiger partial charge in [-0.3, -0.25) is 4.99 Å². The second kappa shape index (κ2) is 10.6. The highest BCUT2D eigenvalue weighted by Crippen LogP contribution is 2.27. The Morgan fingerprint density at radius 3 is 2.79 bits per heavy atom. The molecule has 0 fully saturated rings. The van der Waals surface area contributed by atoms with Crippen molar-refractivity contribution in [2.45, 2.75) is 26.5 Å². The first-order valence-corrected chi connectivity index (χ1v) is 10.1. The van der Waals surface area contributed by atoms with Crippen LogP contribution >= 0.6 is 11.3 Å². The van der Waals surface area contributed by atoms with Crippen LogP contribution < -0.4 is 10.6 Å². The number of ether oxygens (including phenoxy) is 1. The molecule has 3 aromatic rings. The molecule has 0 spiro atoms. The van der Waals surface area contributed by atoms with Crippen LogP contribution in [0.15, 0.2) is 58.1 Å². The molecule has 148 valence electrons. The van der Waals surface area contributed by atoms with E-state index in [1.54, 1.807) is 24.6 Å². The average molecular weight is 399 g/mol. The van der Waals surface area contributed by atoms with Crippen LogP contribution in [0.1, 0.15) is 22.8 Å². The van der Waals surface area contributed by atoms with Gasteiger partial charge in [-0.15, -0.1) is 11.3 Å². The van der Waals surface area contributed by atoms with Gasteiger partial charge in [-0.25, -0.2) is 4.98 Å². The van der Waals surface area contributed by atoms with E-state index in [0.717, 1.165) is 41.0 Å². The van der Waals surface area contributed by atoms with E-state index >= 15 is 0 Å². The van der Waals surface area contributed by atoms with Gasteiger partial charge in [0, 0.05) is 30.6 Å². The van der Waals surface area contributed by atoms with E-state index in [-0.39, 0.29) is 0 Å². The first-order valence-electron chi connectivity index (χ1n) is 9.32. The van der Waals surface area contributed by atoms with Gasteiger partial charge in [0.25, 0.3) is 0 Å². The summed E-state index contributed by atoms with van der Waals surface area (Å²) in [5, 5.41) is 7.72. The Kier molecular flexibility index (Phi) is 7.63. The van der Waals surface area contributed by atoms with Gasteiger partial charge in [0.1, 0.15) is 17.4 Å². The molecule has 7 heteroatoms. The van der Waals surface area contributed by atoms with Gasteiger partial charge < -0.3 is 19.8 Å². The summed E-state index contributed by atoms with van der Waals surface area (Å²) in [5.41, 5.74) is 2.21. The zero-order chi connectivity index (χ0) is 19.6. The Bertz CT molecular complexity index is 860.